The number of methoxy groups -OCH3 is 1. The molecule has 0 aliphatic carbocycles. The average Bonchev–Trinajstić information content (AvgIpc) is 3.35. The zero-order chi connectivity index (χ0) is 23.8. The number of nitrogens with one attached hydrogen (secondary N) is 2. The van der Waals surface area contributed by atoms with E-state index in [2.05, 4.69) is 20.5 Å². The first kappa shape index (κ1) is 22.4. The summed E-state index contributed by atoms with van der Waals surface area (Å²) in [5.41, 5.74) is 0.111. The molecule has 2 atom stereocenters. The van der Waals surface area contributed by atoms with Crippen molar-refractivity contribution < 1.29 is 40.7 Å². The van der Waals surface area contributed by atoms with E-state index >= 15 is 0 Å². The Hall–Kier alpha value is -3.83. The Kier molecular flexibility index (Phi) is 5.83. The summed E-state index contributed by atoms with van der Waals surface area (Å²) in [6.07, 6.45) is -4.81. The number of alkyl halides is 3. The van der Waals surface area contributed by atoms with E-state index < -0.39 is 41.6 Å². The number of amides is 1. The maximum absolute atomic E-state index is 14.5. The van der Waals surface area contributed by atoms with Gasteiger partial charge in [0, 0.05) is 41.8 Å². The molecule has 0 radical (unpaired) electrons. The highest BCUT2D eigenvalue weighted by Crippen LogP contribution is 2.33. The molecule has 0 bridgehead atoms. The fourth-order valence-electron chi connectivity index (χ4n) is 3.55. The second kappa shape index (κ2) is 8.60. The molecule has 1 aliphatic heterocycles. The van der Waals surface area contributed by atoms with Crippen LogP contribution in [-0.2, 0) is 4.79 Å². The van der Waals surface area contributed by atoms with Crippen LogP contribution in [0, 0.1) is 11.6 Å². The molecule has 2 heterocycles. The van der Waals surface area contributed by atoms with Crippen molar-refractivity contribution in [2.75, 3.05) is 19.0 Å². The van der Waals surface area contributed by atoms with Gasteiger partial charge in [-0.2, -0.15) is 0 Å². The summed E-state index contributed by atoms with van der Waals surface area (Å²) in [5.74, 6) is -3.21. The normalized spacial score (nSPS) is 18.2. The number of halogens is 5. The van der Waals surface area contributed by atoms with E-state index in [1.807, 2.05) is 0 Å². The van der Waals surface area contributed by atoms with Crippen molar-refractivity contribution in [1.29, 1.82) is 0 Å². The average molecular weight is 469 g/mol. The van der Waals surface area contributed by atoms with Gasteiger partial charge in [-0.3, -0.25) is 4.79 Å². The number of carbonyl (C=O) groups excluding carboxylic acids is 1. The summed E-state index contributed by atoms with van der Waals surface area (Å²) in [5, 5.41) is 9.14. The molecule has 33 heavy (non-hydrogen) atoms. The fourth-order valence-corrected chi connectivity index (χ4v) is 3.55. The molecule has 2 N–H and O–H groups in total. The molecule has 4 rings (SSSR count). The van der Waals surface area contributed by atoms with Gasteiger partial charge in [0.2, 0.25) is 5.91 Å². The largest absolute Gasteiger partial charge is 0.573 e. The number of aromatic nitrogens is 1. The molecule has 3 aromatic rings. The second-order valence-corrected chi connectivity index (χ2v) is 7.13. The number of benzene rings is 2. The molecule has 1 saturated heterocycles. The summed E-state index contributed by atoms with van der Waals surface area (Å²) in [7, 11) is 1.28. The molecule has 174 valence electrons. The Bertz CT molecular complexity index is 1140. The Morgan fingerprint density at radius 1 is 1.09 bits per heavy atom. The summed E-state index contributed by atoms with van der Waals surface area (Å²) in [6, 6.07) is 7.28. The lowest BCUT2D eigenvalue weighted by Crippen LogP contribution is -2.33. The van der Waals surface area contributed by atoms with E-state index in [1.54, 1.807) is 0 Å². The van der Waals surface area contributed by atoms with Crippen LogP contribution in [0.4, 0.5) is 27.8 Å². The van der Waals surface area contributed by atoms with Crippen LogP contribution in [0.1, 0.15) is 11.5 Å². The topological polar surface area (TPSA) is 85.6 Å². The van der Waals surface area contributed by atoms with Crippen molar-refractivity contribution >= 4 is 11.7 Å². The summed E-state index contributed by atoms with van der Waals surface area (Å²) in [6.45, 7) is -0.0119. The van der Waals surface area contributed by atoms with Crippen molar-refractivity contribution in [2.24, 2.45) is 0 Å². The van der Waals surface area contributed by atoms with Gasteiger partial charge in [-0.25, -0.2) is 8.78 Å². The minimum Gasteiger partial charge on any atom is -0.497 e. The summed E-state index contributed by atoms with van der Waals surface area (Å²) >= 11 is 0. The smallest absolute Gasteiger partial charge is 0.497 e. The van der Waals surface area contributed by atoms with Gasteiger partial charge in [0.15, 0.2) is 11.6 Å². The van der Waals surface area contributed by atoms with E-state index in [-0.39, 0.29) is 29.4 Å². The standard InChI is InChI=1S/C21H16F5N3O4/c1-31-12-6-14(22)18(15(23)7-12)13-9-27-20(30)19(13)28-17-8-16(33-29-17)10-2-4-11(5-3-10)32-21(24,25)26/h2-8,13,19H,9H2,1H3,(H,27,30)(H,28,29)/t13?,19-/m1/s1. The van der Waals surface area contributed by atoms with Crippen molar-refractivity contribution in [3.8, 4) is 22.8 Å². The predicted octanol–water partition coefficient (Wildman–Crippen LogP) is 4.22. The fraction of sp³-hybridized carbons (Fsp3) is 0.238. The highest BCUT2D eigenvalue weighted by Gasteiger charge is 2.39. The molecule has 1 fully saturated rings. The molecule has 1 amide bonds. The number of hydrogen-bond acceptors (Lipinski definition) is 6. The van der Waals surface area contributed by atoms with Crippen molar-refractivity contribution in [2.45, 2.75) is 18.3 Å². The highest BCUT2D eigenvalue weighted by molar-refractivity contribution is 5.88. The maximum Gasteiger partial charge on any atom is 0.573 e. The number of rotatable bonds is 6. The molecule has 1 unspecified atom stereocenters. The molecule has 1 aliphatic rings. The molecule has 12 heteroatoms. The van der Waals surface area contributed by atoms with Gasteiger partial charge in [0.05, 0.1) is 7.11 Å². The summed E-state index contributed by atoms with van der Waals surface area (Å²) in [4.78, 5) is 12.3. The first-order chi connectivity index (χ1) is 15.6. The molecule has 0 saturated carbocycles. The van der Waals surface area contributed by atoms with Crippen LogP contribution in [0.25, 0.3) is 11.3 Å². The molecule has 1 aromatic heterocycles. The van der Waals surface area contributed by atoms with E-state index in [1.165, 1.54) is 25.3 Å². The Morgan fingerprint density at radius 3 is 2.36 bits per heavy atom. The number of hydrogen-bond donors (Lipinski definition) is 2. The van der Waals surface area contributed by atoms with Crippen molar-refractivity contribution in [3.63, 3.8) is 0 Å². The van der Waals surface area contributed by atoms with E-state index in [0.717, 1.165) is 24.3 Å². The minimum absolute atomic E-state index is 0.00309. The molecular formula is C21H16F5N3O4. The van der Waals surface area contributed by atoms with Crippen LogP contribution in [0.2, 0.25) is 0 Å². The molecule has 0 spiro atoms. The van der Waals surface area contributed by atoms with Crippen LogP contribution < -0.4 is 20.1 Å². The van der Waals surface area contributed by atoms with Crippen LogP contribution in [0.5, 0.6) is 11.5 Å². The molecular weight excluding hydrogens is 453 g/mol. The maximum atomic E-state index is 14.5. The number of anilines is 1. The van der Waals surface area contributed by atoms with Crippen LogP contribution in [0.15, 0.2) is 47.0 Å². The van der Waals surface area contributed by atoms with E-state index in [9.17, 15) is 26.7 Å². The van der Waals surface area contributed by atoms with Crippen molar-refractivity contribution in [3.05, 3.63) is 59.7 Å². The lowest BCUT2D eigenvalue weighted by molar-refractivity contribution is -0.274. The van der Waals surface area contributed by atoms with Gasteiger partial charge in [0.25, 0.3) is 0 Å². The monoisotopic (exact) mass is 469 g/mol. The van der Waals surface area contributed by atoms with Gasteiger partial charge in [0.1, 0.15) is 29.2 Å². The molecule has 7 nitrogen and oxygen atoms in total. The Morgan fingerprint density at radius 2 is 1.76 bits per heavy atom. The quantitative estimate of drug-likeness (QED) is 0.526. The SMILES string of the molecule is COc1cc(F)c(C2CNC(=O)[C@@H]2Nc2cc(-c3ccc(OC(F)(F)F)cc3)on2)c(F)c1. The van der Waals surface area contributed by atoms with Crippen LogP contribution in [0.3, 0.4) is 0 Å². The van der Waals surface area contributed by atoms with Gasteiger partial charge < -0.3 is 24.6 Å². The Labute approximate surface area is 183 Å². The number of nitrogens with zero attached hydrogens (tertiary/aromatic N) is 1. The number of carbonyl (C=O) groups is 1. The predicted molar refractivity (Wildman–Crippen MR) is 105 cm³/mol. The van der Waals surface area contributed by atoms with Gasteiger partial charge in [-0.05, 0) is 24.3 Å². The zero-order valence-corrected chi connectivity index (χ0v) is 16.9. The third kappa shape index (κ3) is 4.83. The first-order valence-electron chi connectivity index (χ1n) is 9.54. The third-order valence-electron chi connectivity index (χ3n) is 5.03. The minimum atomic E-state index is -4.81. The lowest BCUT2D eigenvalue weighted by atomic mass is 9.92. The van der Waals surface area contributed by atoms with Gasteiger partial charge in [-0.1, -0.05) is 5.16 Å². The van der Waals surface area contributed by atoms with E-state index in [4.69, 9.17) is 9.26 Å². The Balaban J connectivity index is 1.53. The number of ether oxygens (including phenoxy) is 2. The van der Waals surface area contributed by atoms with Crippen molar-refractivity contribution in [1.82, 2.24) is 10.5 Å². The highest BCUT2D eigenvalue weighted by atomic mass is 19.4. The van der Waals surface area contributed by atoms with Gasteiger partial charge in [-0.15, -0.1) is 13.2 Å². The van der Waals surface area contributed by atoms with Gasteiger partial charge >= 0.3 is 6.36 Å². The molecule has 2 aromatic carbocycles. The second-order valence-electron chi connectivity index (χ2n) is 7.13. The van der Waals surface area contributed by atoms with E-state index in [0.29, 0.717) is 5.56 Å². The van der Waals surface area contributed by atoms with Crippen LogP contribution >= 0.6 is 0 Å². The van der Waals surface area contributed by atoms with Crippen LogP contribution in [-0.4, -0.2) is 37.1 Å². The lowest BCUT2D eigenvalue weighted by Gasteiger charge is -2.19. The third-order valence-corrected chi connectivity index (χ3v) is 5.03. The summed E-state index contributed by atoms with van der Waals surface area (Å²) < 4.78 is 79.8. The first-order valence-corrected chi connectivity index (χ1v) is 9.54. The zero-order valence-electron chi connectivity index (χ0n) is 16.9.